The third-order valence-corrected chi connectivity index (χ3v) is 5.03. The van der Waals surface area contributed by atoms with E-state index in [0.29, 0.717) is 16.8 Å². The average Bonchev–Trinajstić information content (AvgIpc) is 2.70. The summed E-state index contributed by atoms with van der Waals surface area (Å²) >= 11 is 0. The summed E-state index contributed by atoms with van der Waals surface area (Å²) in [6.07, 6.45) is -0.724. The molecule has 2 aromatic carbocycles. The van der Waals surface area contributed by atoms with Crippen molar-refractivity contribution < 1.29 is 24.2 Å². The molecule has 0 aliphatic rings. The highest BCUT2D eigenvalue weighted by Gasteiger charge is 2.32. The van der Waals surface area contributed by atoms with Crippen molar-refractivity contribution in [3.8, 4) is 5.75 Å². The minimum absolute atomic E-state index is 0.0887. The van der Waals surface area contributed by atoms with Gasteiger partial charge in [-0.25, -0.2) is 4.79 Å². The van der Waals surface area contributed by atoms with E-state index in [2.05, 4.69) is 10.6 Å². The SMILES string of the molecule is Cc1cc(C(C(=O)Nc2ccccc2C)N(C)C(=O)C(C)NC(=O)OC(C)(C)C)ccc1O. The first-order chi connectivity index (χ1) is 15.3. The number of phenols is 1. The first-order valence-corrected chi connectivity index (χ1v) is 10.7. The predicted molar refractivity (Wildman–Crippen MR) is 127 cm³/mol. The van der Waals surface area contributed by atoms with E-state index in [0.717, 1.165) is 5.56 Å². The summed E-state index contributed by atoms with van der Waals surface area (Å²) in [6.45, 7) is 10.3. The number of rotatable bonds is 6. The topological polar surface area (TPSA) is 108 Å². The zero-order chi connectivity index (χ0) is 24.9. The molecule has 0 aliphatic heterocycles. The standard InChI is InChI=1S/C25H33N3O5/c1-15-10-8-9-11-19(15)27-22(30)21(18-12-13-20(29)16(2)14-18)28(7)23(31)17(3)26-24(32)33-25(4,5)6/h8-14,17,21,29H,1-7H3,(H,26,32)(H,27,30). The second kappa shape index (κ2) is 10.4. The average molecular weight is 456 g/mol. The van der Waals surface area contributed by atoms with Crippen molar-refractivity contribution in [1.82, 2.24) is 10.2 Å². The molecule has 0 heterocycles. The van der Waals surface area contributed by atoms with E-state index in [1.165, 1.54) is 24.9 Å². The van der Waals surface area contributed by atoms with Crippen LogP contribution in [0.2, 0.25) is 0 Å². The van der Waals surface area contributed by atoms with Crippen LogP contribution in [0, 0.1) is 13.8 Å². The lowest BCUT2D eigenvalue weighted by atomic mass is 10.0. The first kappa shape index (κ1) is 25.7. The molecule has 3 amide bonds. The second-order valence-corrected chi connectivity index (χ2v) is 9.07. The van der Waals surface area contributed by atoms with Crippen LogP contribution in [0.25, 0.3) is 0 Å². The molecule has 3 N–H and O–H groups in total. The Hall–Kier alpha value is -3.55. The Morgan fingerprint density at radius 2 is 1.67 bits per heavy atom. The molecule has 0 radical (unpaired) electrons. The number of hydrogen-bond donors (Lipinski definition) is 3. The quantitative estimate of drug-likeness (QED) is 0.609. The Bertz CT molecular complexity index is 1030. The van der Waals surface area contributed by atoms with Gasteiger partial charge in [0.2, 0.25) is 5.91 Å². The number of carbonyl (C=O) groups excluding carboxylic acids is 3. The van der Waals surface area contributed by atoms with Gasteiger partial charge in [0.25, 0.3) is 5.91 Å². The van der Waals surface area contributed by atoms with Gasteiger partial charge < -0.3 is 25.4 Å². The molecule has 2 aromatic rings. The lowest BCUT2D eigenvalue weighted by Crippen LogP contribution is -2.49. The molecular formula is C25H33N3O5. The fourth-order valence-corrected chi connectivity index (χ4v) is 3.29. The summed E-state index contributed by atoms with van der Waals surface area (Å²) in [5.74, 6) is -0.808. The molecule has 8 heteroatoms. The number of nitrogens with zero attached hydrogens (tertiary/aromatic N) is 1. The van der Waals surface area contributed by atoms with E-state index >= 15 is 0 Å². The van der Waals surface area contributed by atoms with Crippen molar-refractivity contribution in [1.29, 1.82) is 0 Å². The molecule has 178 valence electrons. The summed E-state index contributed by atoms with van der Waals surface area (Å²) in [5.41, 5.74) is 1.89. The fourth-order valence-electron chi connectivity index (χ4n) is 3.29. The smallest absolute Gasteiger partial charge is 0.408 e. The Morgan fingerprint density at radius 1 is 1.03 bits per heavy atom. The molecule has 0 saturated heterocycles. The van der Waals surface area contributed by atoms with Gasteiger partial charge in [0.1, 0.15) is 23.4 Å². The number of alkyl carbamates (subject to hydrolysis) is 1. The third-order valence-electron chi connectivity index (χ3n) is 5.03. The number of para-hydroxylation sites is 1. The maximum Gasteiger partial charge on any atom is 0.408 e. The minimum atomic E-state index is -1.00. The van der Waals surface area contributed by atoms with Gasteiger partial charge in [-0.05, 0) is 76.4 Å². The Balaban J connectivity index is 2.32. The van der Waals surface area contributed by atoms with Crippen molar-refractivity contribution in [3.05, 3.63) is 59.2 Å². The second-order valence-electron chi connectivity index (χ2n) is 9.07. The Morgan fingerprint density at radius 3 is 2.24 bits per heavy atom. The lowest BCUT2D eigenvalue weighted by Gasteiger charge is -2.31. The molecule has 0 aromatic heterocycles. The summed E-state index contributed by atoms with van der Waals surface area (Å²) in [4.78, 5) is 39.9. The van der Waals surface area contributed by atoms with Gasteiger partial charge in [-0.1, -0.05) is 24.3 Å². The zero-order valence-corrected chi connectivity index (χ0v) is 20.2. The first-order valence-electron chi connectivity index (χ1n) is 10.7. The summed E-state index contributed by atoms with van der Waals surface area (Å²) in [7, 11) is 1.50. The number of aryl methyl sites for hydroxylation is 2. The number of phenolic OH excluding ortho intramolecular Hbond substituents is 1. The van der Waals surface area contributed by atoms with E-state index in [1.807, 2.05) is 25.1 Å². The maximum absolute atomic E-state index is 13.4. The van der Waals surface area contributed by atoms with Gasteiger partial charge >= 0.3 is 6.09 Å². The minimum Gasteiger partial charge on any atom is -0.508 e. The van der Waals surface area contributed by atoms with Crippen LogP contribution >= 0.6 is 0 Å². The van der Waals surface area contributed by atoms with E-state index in [9.17, 15) is 19.5 Å². The molecule has 2 rings (SSSR count). The van der Waals surface area contributed by atoms with Gasteiger partial charge in [-0.15, -0.1) is 0 Å². The lowest BCUT2D eigenvalue weighted by molar-refractivity contribution is -0.138. The summed E-state index contributed by atoms with van der Waals surface area (Å²) < 4.78 is 5.22. The van der Waals surface area contributed by atoms with Gasteiger partial charge in [0.05, 0.1) is 0 Å². The van der Waals surface area contributed by atoms with E-state index < -0.39 is 35.6 Å². The van der Waals surface area contributed by atoms with Crippen LogP contribution in [-0.2, 0) is 14.3 Å². The number of nitrogens with one attached hydrogen (secondary N) is 2. The fraction of sp³-hybridized carbons (Fsp3) is 0.400. The Kier molecular flexibility index (Phi) is 8.08. The predicted octanol–water partition coefficient (Wildman–Crippen LogP) is 4.06. The Labute approximate surface area is 194 Å². The molecule has 8 nitrogen and oxygen atoms in total. The van der Waals surface area contributed by atoms with Gasteiger partial charge in [-0.3, -0.25) is 9.59 Å². The summed E-state index contributed by atoms with van der Waals surface area (Å²) in [6, 6.07) is 10.1. The maximum atomic E-state index is 13.4. The van der Waals surface area contributed by atoms with Crippen molar-refractivity contribution in [2.24, 2.45) is 0 Å². The van der Waals surface area contributed by atoms with E-state index in [4.69, 9.17) is 4.74 Å². The van der Waals surface area contributed by atoms with Gasteiger partial charge in [0.15, 0.2) is 0 Å². The molecule has 2 unspecified atom stereocenters. The molecule has 0 saturated carbocycles. The van der Waals surface area contributed by atoms with Gasteiger partial charge in [-0.2, -0.15) is 0 Å². The number of likely N-dealkylation sites (N-methyl/N-ethyl adjacent to an activating group) is 1. The number of amides is 3. The molecule has 0 aliphatic carbocycles. The number of carbonyl (C=O) groups is 3. The van der Waals surface area contributed by atoms with Crippen LogP contribution in [0.1, 0.15) is 50.4 Å². The van der Waals surface area contributed by atoms with Crippen molar-refractivity contribution >= 4 is 23.6 Å². The van der Waals surface area contributed by atoms with E-state index in [1.54, 1.807) is 45.9 Å². The van der Waals surface area contributed by atoms with Crippen LogP contribution in [0.15, 0.2) is 42.5 Å². The van der Waals surface area contributed by atoms with Gasteiger partial charge in [0, 0.05) is 12.7 Å². The number of benzene rings is 2. The van der Waals surface area contributed by atoms with Crippen molar-refractivity contribution in [2.75, 3.05) is 12.4 Å². The van der Waals surface area contributed by atoms with Crippen LogP contribution in [-0.4, -0.2) is 46.6 Å². The normalized spacial score (nSPS) is 12.9. The van der Waals surface area contributed by atoms with Crippen molar-refractivity contribution in [3.63, 3.8) is 0 Å². The number of ether oxygens (including phenoxy) is 1. The highest BCUT2D eigenvalue weighted by Crippen LogP contribution is 2.27. The van der Waals surface area contributed by atoms with Crippen LogP contribution < -0.4 is 10.6 Å². The highest BCUT2D eigenvalue weighted by atomic mass is 16.6. The number of aromatic hydroxyl groups is 1. The zero-order valence-electron chi connectivity index (χ0n) is 20.2. The number of anilines is 1. The monoisotopic (exact) mass is 455 g/mol. The number of hydrogen-bond acceptors (Lipinski definition) is 5. The van der Waals surface area contributed by atoms with Crippen LogP contribution in [0.4, 0.5) is 10.5 Å². The van der Waals surface area contributed by atoms with Crippen LogP contribution in [0.5, 0.6) is 5.75 Å². The van der Waals surface area contributed by atoms with Crippen molar-refractivity contribution in [2.45, 2.75) is 59.2 Å². The molecule has 0 bridgehead atoms. The third kappa shape index (κ3) is 6.97. The van der Waals surface area contributed by atoms with Crippen LogP contribution in [0.3, 0.4) is 0 Å². The molecule has 2 atom stereocenters. The van der Waals surface area contributed by atoms with E-state index in [-0.39, 0.29) is 5.75 Å². The molecule has 33 heavy (non-hydrogen) atoms. The molecule has 0 fully saturated rings. The molecular weight excluding hydrogens is 422 g/mol. The largest absolute Gasteiger partial charge is 0.508 e. The summed E-state index contributed by atoms with van der Waals surface area (Å²) in [5, 5.41) is 15.3. The molecule has 0 spiro atoms. The highest BCUT2D eigenvalue weighted by molar-refractivity contribution is 5.99.